The fraction of sp³-hybridized carbons (Fsp3) is 0.625. The Morgan fingerprint density at radius 1 is 1.17 bits per heavy atom. The largest absolute Gasteiger partial charge is 0.303 e. The van der Waals surface area contributed by atoms with E-state index in [1.54, 1.807) is 0 Å². The third kappa shape index (κ3) is 4.74. The number of alkyl halides is 1. The number of benzene rings is 1. The van der Waals surface area contributed by atoms with E-state index in [4.69, 9.17) is 0 Å². The molecule has 2 rings (SSSR count). The topological polar surface area (TPSA) is 3.24 Å². The highest BCUT2D eigenvalue weighted by atomic mass is 79.9. The summed E-state index contributed by atoms with van der Waals surface area (Å²) in [4.78, 5) is 2.65. The van der Waals surface area contributed by atoms with Crippen LogP contribution in [0.2, 0.25) is 0 Å². The van der Waals surface area contributed by atoms with E-state index >= 15 is 0 Å². The van der Waals surface area contributed by atoms with E-state index in [1.807, 2.05) is 0 Å². The van der Waals surface area contributed by atoms with Crippen LogP contribution in [0, 0.1) is 5.92 Å². The lowest BCUT2D eigenvalue weighted by Crippen LogP contribution is -2.36. The molecule has 1 aromatic rings. The van der Waals surface area contributed by atoms with Crippen molar-refractivity contribution in [2.24, 2.45) is 5.92 Å². The first-order chi connectivity index (χ1) is 8.88. The van der Waals surface area contributed by atoms with Gasteiger partial charge in [-0.15, -0.1) is 0 Å². The number of piperidine rings is 1. The maximum atomic E-state index is 3.62. The molecule has 0 aliphatic carbocycles. The van der Waals surface area contributed by atoms with Crippen LogP contribution in [0.25, 0.3) is 0 Å². The quantitative estimate of drug-likeness (QED) is 0.564. The van der Waals surface area contributed by atoms with Gasteiger partial charge in [0.25, 0.3) is 0 Å². The molecule has 1 heterocycles. The second kappa shape index (κ2) is 7.96. The zero-order valence-electron chi connectivity index (χ0n) is 11.2. The van der Waals surface area contributed by atoms with Crippen molar-refractivity contribution in [1.29, 1.82) is 0 Å². The molecule has 1 nitrogen and oxygen atoms in total. The SMILES string of the molecule is BrCC1CCCN(CCCCc2ccccc2)C1. The standard InChI is InChI=1S/C16H24BrN/c17-13-16-10-6-12-18(14-16)11-5-4-9-15-7-2-1-3-8-15/h1-3,7-8,16H,4-6,9-14H2. The van der Waals surface area contributed by atoms with Crippen molar-refractivity contribution in [1.82, 2.24) is 4.90 Å². The summed E-state index contributed by atoms with van der Waals surface area (Å²) in [5, 5.41) is 1.17. The Morgan fingerprint density at radius 3 is 2.78 bits per heavy atom. The molecular weight excluding hydrogens is 286 g/mol. The van der Waals surface area contributed by atoms with Crippen LogP contribution >= 0.6 is 15.9 Å². The van der Waals surface area contributed by atoms with E-state index in [0.29, 0.717) is 0 Å². The van der Waals surface area contributed by atoms with Gasteiger partial charge in [-0.2, -0.15) is 0 Å². The molecule has 1 unspecified atom stereocenters. The maximum absolute atomic E-state index is 3.62. The summed E-state index contributed by atoms with van der Waals surface area (Å²) < 4.78 is 0. The van der Waals surface area contributed by atoms with Gasteiger partial charge in [0.15, 0.2) is 0 Å². The highest BCUT2D eigenvalue weighted by molar-refractivity contribution is 9.09. The molecule has 0 N–H and O–H groups in total. The molecule has 1 aromatic carbocycles. The molecule has 0 radical (unpaired) electrons. The number of likely N-dealkylation sites (tertiary alicyclic amines) is 1. The van der Waals surface area contributed by atoms with Crippen molar-refractivity contribution in [2.45, 2.75) is 32.1 Å². The van der Waals surface area contributed by atoms with Crippen molar-refractivity contribution >= 4 is 15.9 Å². The summed E-state index contributed by atoms with van der Waals surface area (Å²) in [5.74, 6) is 0.882. The second-order valence-electron chi connectivity index (χ2n) is 5.41. The molecule has 0 spiro atoms. The first kappa shape index (κ1) is 14.1. The maximum Gasteiger partial charge on any atom is 0.00718 e. The summed E-state index contributed by atoms with van der Waals surface area (Å²) >= 11 is 3.62. The van der Waals surface area contributed by atoms with Gasteiger partial charge in [-0.3, -0.25) is 0 Å². The van der Waals surface area contributed by atoms with Crippen LogP contribution < -0.4 is 0 Å². The smallest absolute Gasteiger partial charge is 0.00718 e. The lowest BCUT2D eigenvalue weighted by Gasteiger charge is -2.31. The summed E-state index contributed by atoms with van der Waals surface area (Å²) in [5.41, 5.74) is 1.48. The molecular formula is C16H24BrN. The lowest BCUT2D eigenvalue weighted by molar-refractivity contribution is 0.184. The normalized spacial score (nSPS) is 21.1. The van der Waals surface area contributed by atoms with Gasteiger partial charge in [0.1, 0.15) is 0 Å². The van der Waals surface area contributed by atoms with Gasteiger partial charge < -0.3 is 4.90 Å². The lowest BCUT2D eigenvalue weighted by atomic mass is 10.00. The van der Waals surface area contributed by atoms with Crippen molar-refractivity contribution < 1.29 is 0 Å². The van der Waals surface area contributed by atoms with Gasteiger partial charge >= 0.3 is 0 Å². The van der Waals surface area contributed by atoms with Gasteiger partial charge in [0, 0.05) is 11.9 Å². The van der Waals surface area contributed by atoms with Crippen LogP contribution in [-0.2, 0) is 6.42 Å². The Bertz CT molecular complexity index is 325. The molecule has 1 fully saturated rings. The minimum atomic E-state index is 0.882. The van der Waals surface area contributed by atoms with Crippen LogP contribution in [0.15, 0.2) is 30.3 Å². The van der Waals surface area contributed by atoms with Crippen molar-refractivity contribution in [3.8, 4) is 0 Å². The molecule has 0 saturated carbocycles. The Hall–Kier alpha value is -0.340. The van der Waals surface area contributed by atoms with Gasteiger partial charge in [0.05, 0.1) is 0 Å². The number of aryl methyl sites for hydroxylation is 1. The zero-order chi connectivity index (χ0) is 12.6. The second-order valence-corrected chi connectivity index (χ2v) is 6.05. The monoisotopic (exact) mass is 309 g/mol. The first-order valence-corrected chi connectivity index (χ1v) is 8.33. The Kier molecular flexibility index (Phi) is 6.22. The van der Waals surface area contributed by atoms with Gasteiger partial charge in [-0.25, -0.2) is 0 Å². The van der Waals surface area contributed by atoms with Gasteiger partial charge in [0.2, 0.25) is 0 Å². The minimum Gasteiger partial charge on any atom is -0.303 e. The molecule has 18 heavy (non-hydrogen) atoms. The fourth-order valence-corrected chi connectivity index (χ4v) is 3.32. The molecule has 1 saturated heterocycles. The van der Waals surface area contributed by atoms with Crippen molar-refractivity contribution in [2.75, 3.05) is 25.0 Å². The highest BCUT2D eigenvalue weighted by Crippen LogP contribution is 2.18. The van der Waals surface area contributed by atoms with E-state index in [1.165, 1.54) is 62.6 Å². The molecule has 0 bridgehead atoms. The summed E-state index contributed by atoms with van der Waals surface area (Å²) in [6.45, 7) is 3.90. The van der Waals surface area contributed by atoms with Gasteiger partial charge in [-0.05, 0) is 56.7 Å². The van der Waals surface area contributed by atoms with E-state index in [0.717, 1.165) is 5.92 Å². The molecule has 1 atom stereocenters. The Morgan fingerprint density at radius 2 is 2.00 bits per heavy atom. The van der Waals surface area contributed by atoms with Crippen LogP contribution in [-0.4, -0.2) is 29.9 Å². The zero-order valence-corrected chi connectivity index (χ0v) is 12.7. The number of unbranched alkanes of at least 4 members (excludes halogenated alkanes) is 1. The molecule has 2 heteroatoms. The third-order valence-corrected chi connectivity index (χ3v) is 4.77. The van der Waals surface area contributed by atoms with E-state index in [2.05, 4.69) is 51.2 Å². The number of nitrogens with zero attached hydrogens (tertiary/aromatic N) is 1. The fourth-order valence-electron chi connectivity index (χ4n) is 2.79. The predicted octanol–water partition coefficient (Wildman–Crippen LogP) is 4.12. The van der Waals surface area contributed by atoms with E-state index in [-0.39, 0.29) is 0 Å². The van der Waals surface area contributed by atoms with E-state index < -0.39 is 0 Å². The van der Waals surface area contributed by atoms with Crippen LogP contribution in [0.3, 0.4) is 0 Å². The molecule has 1 aliphatic rings. The molecule has 0 amide bonds. The molecule has 0 aromatic heterocycles. The summed E-state index contributed by atoms with van der Waals surface area (Å²) in [7, 11) is 0. The van der Waals surface area contributed by atoms with Crippen molar-refractivity contribution in [3.05, 3.63) is 35.9 Å². The number of hydrogen-bond donors (Lipinski definition) is 0. The van der Waals surface area contributed by atoms with E-state index in [9.17, 15) is 0 Å². The van der Waals surface area contributed by atoms with Crippen LogP contribution in [0.1, 0.15) is 31.2 Å². The van der Waals surface area contributed by atoms with Crippen LogP contribution in [0.5, 0.6) is 0 Å². The number of rotatable bonds is 6. The van der Waals surface area contributed by atoms with Crippen molar-refractivity contribution in [3.63, 3.8) is 0 Å². The Balaban J connectivity index is 1.60. The third-order valence-electron chi connectivity index (χ3n) is 3.85. The first-order valence-electron chi connectivity index (χ1n) is 7.20. The predicted molar refractivity (Wildman–Crippen MR) is 82.3 cm³/mol. The Labute approximate surface area is 120 Å². The average Bonchev–Trinajstić information content (AvgIpc) is 2.45. The minimum absolute atomic E-state index is 0.882. The number of halogens is 1. The van der Waals surface area contributed by atoms with Crippen LogP contribution in [0.4, 0.5) is 0 Å². The summed E-state index contributed by atoms with van der Waals surface area (Å²) in [6, 6.07) is 10.8. The molecule has 100 valence electrons. The molecule has 1 aliphatic heterocycles. The highest BCUT2D eigenvalue weighted by Gasteiger charge is 2.17. The average molecular weight is 310 g/mol. The summed E-state index contributed by atoms with van der Waals surface area (Å²) in [6.07, 6.45) is 6.68. The van der Waals surface area contributed by atoms with Gasteiger partial charge in [-0.1, -0.05) is 46.3 Å². The number of hydrogen-bond acceptors (Lipinski definition) is 1.